The van der Waals surface area contributed by atoms with Crippen LogP contribution in [0.4, 0.5) is 19.0 Å². The van der Waals surface area contributed by atoms with Crippen molar-refractivity contribution in [3.8, 4) is 0 Å². The molecule has 2 atom stereocenters. The molecule has 2 unspecified atom stereocenters. The van der Waals surface area contributed by atoms with Crippen LogP contribution in [0.2, 0.25) is 0 Å². The van der Waals surface area contributed by atoms with Crippen molar-refractivity contribution in [3.63, 3.8) is 0 Å². The maximum Gasteiger partial charge on any atom is 0.416 e. The largest absolute Gasteiger partial charge is 0.416 e. The molecule has 0 saturated carbocycles. The van der Waals surface area contributed by atoms with Crippen LogP contribution in [-0.2, 0) is 24.1 Å². The Bertz CT molecular complexity index is 970. The molecule has 1 aromatic heterocycles. The van der Waals surface area contributed by atoms with Gasteiger partial charge in [0.1, 0.15) is 12.0 Å². The fourth-order valence-electron chi connectivity index (χ4n) is 3.16. The lowest BCUT2D eigenvalue weighted by atomic mass is 10.1. The van der Waals surface area contributed by atoms with E-state index in [9.17, 15) is 18.3 Å². The molecule has 160 valence electrons. The van der Waals surface area contributed by atoms with Gasteiger partial charge < -0.3 is 21.3 Å². The number of nitrogens with zero attached hydrogens (tertiary/aromatic N) is 2. The predicted octanol–water partition coefficient (Wildman–Crippen LogP) is 3.76. The van der Waals surface area contributed by atoms with Crippen LogP contribution in [0.5, 0.6) is 0 Å². The van der Waals surface area contributed by atoms with Crippen LogP contribution in [0.15, 0.2) is 54.6 Å². The standard InChI is InChI=1S/C21H23F3N4O2/c1-13(15-7-9-16(10-8-15)21(22,23)24)28-19(25)18(20(26)29)17(27-28)12-30-11-14-5-3-2-4-6-14/h2-10,13,20,29H,11-12,25-26H2,1H3. The minimum absolute atomic E-state index is 0.0649. The van der Waals surface area contributed by atoms with Gasteiger partial charge >= 0.3 is 6.18 Å². The topological polar surface area (TPSA) is 99.3 Å². The first-order valence-corrected chi connectivity index (χ1v) is 9.27. The van der Waals surface area contributed by atoms with Gasteiger partial charge in [-0.3, -0.25) is 0 Å². The summed E-state index contributed by atoms with van der Waals surface area (Å²) in [6.45, 7) is 2.14. The zero-order valence-corrected chi connectivity index (χ0v) is 16.3. The Morgan fingerprint density at radius 1 is 1.07 bits per heavy atom. The first-order chi connectivity index (χ1) is 14.2. The lowest BCUT2D eigenvalue weighted by Crippen LogP contribution is -2.15. The summed E-state index contributed by atoms with van der Waals surface area (Å²) in [6, 6.07) is 13.8. The summed E-state index contributed by atoms with van der Waals surface area (Å²) < 4.78 is 45.5. The van der Waals surface area contributed by atoms with E-state index < -0.39 is 24.0 Å². The Morgan fingerprint density at radius 2 is 1.70 bits per heavy atom. The smallest absolute Gasteiger partial charge is 0.384 e. The quantitative estimate of drug-likeness (QED) is 0.506. The number of nitrogen functional groups attached to an aromatic ring is 1. The summed E-state index contributed by atoms with van der Waals surface area (Å²) in [5.41, 5.74) is 13.2. The number of nitrogens with two attached hydrogens (primary N) is 2. The average molecular weight is 420 g/mol. The Balaban J connectivity index is 1.81. The molecule has 1 heterocycles. The number of ether oxygens (including phenoxy) is 1. The molecule has 0 radical (unpaired) electrons. The van der Waals surface area contributed by atoms with Gasteiger partial charge in [-0.05, 0) is 30.2 Å². The minimum atomic E-state index is -4.41. The molecule has 3 aromatic rings. The summed E-state index contributed by atoms with van der Waals surface area (Å²) in [6.07, 6.45) is -5.78. The fraction of sp³-hybridized carbons (Fsp3) is 0.286. The van der Waals surface area contributed by atoms with E-state index in [1.165, 1.54) is 16.8 Å². The molecule has 0 aliphatic rings. The van der Waals surface area contributed by atoms with Crippen molar-refractivity contribution in [1.29, 1.82) is 0 Å². The molecule has 3 rings (SSSR count). The van der Waals surface area contributed by atoms with Gasteiger partial charge in [0.25, 0.3) is 0 Å². The average Bonchev–Trinajstić information content (AvgIpc) is 3.04. The molecule has 0 amide bonds. The maximum atomic E-state index is 12.8. The highest BCUT2D eigenvalue weighted by molar-refractivity contribution is 5.46. The third kappa shape index (κ3) is 4.81. The summed E-state index contributed by atoms with van der Waals surface area (Å²) in [5, 5.41) is 14.4. The van der Waals surface area contributed by atoms with E-state index in [2.05, 4.69) is 5.10 Å². The van der Waals surface area contributed by atoms with Gasteiger partial charge in [-0.2, -0.15) is 18.3 Å². The van der Waals surface area contributed by atoms with E-state index in [1.54, 1.807) is 6.92 Å². The lowest BCUT2D eigenvalue weighted by Gasteiger charge is -2.16. The number of hydrogen-bond acceptors (Lipinski definition) is 5. The zero-order chi connectivity index (χ0) is 21.9. The molecular formula is C21H23F3N4O2. The summed E-state index contributed by atoms with van der Waals surface area (Å²) in [7, 11) is 0. The summed E-state index contributed by atoms with van der Waals surface area (Å²) in [5.74, 6) is 0.135. The van der Waals surface area contributed by atoms with Crippen LogP contribution in [-0.4, -0.2) is 14.9 Å². The Kier molecular flexibility index (Phi) is 6.45. The third-order valence-corrected chi connectivity index (χ3v) is 4.80. The molecular weight excluding hydrogens is 397 g/mol. The van der Waals surface area contributed by atoms with Crippen LogP contribution < -0.4 is 11.5 Å². The number of aromatic nitrogens is 2. The van der Waals surface area contributed by atoms with E-state index in [4.69, 9.17) is 16.2 Å². The highest BCUT2D eigenvalue weighted by atomic mass is 19.4. The molecule has 0 fully saturated rings. The van der Waals surface area contributed by atoms with Crippen LogP contribution in [0.1, 0.15) is 47.1 Å². The van der Waals surface area contributed by atoms with Crippen LogP contribution in [0, 0.1) is 0 Å². The van der Waals surface area contributed by atoms with E-state index in [0.29, 0.717) is 17.9 Å². The first kappa shape index (κ1) is 21.8. The number of aliphatic hydroxyl groups is 1. The van der Waals surface area contributed by atoms with Crippen LogP contribution in [0.3, 0.4) is 0 Å². The molecule has 2 aromatic carbocycles. The number of halogens is 3. The monoisotopic (exact) mass is 420 g/mol. The van der Waals surface area contributed by atoms with Crippen LogP contribution in [0.25, 0.3) is 0 Å². The zero-order valence-electron chi connectivity index (χ0n) is 16.3. The van der Waals surface area contributed by atoms with Gasteiger partial charge in [0.15, 0.2) is 0 Å². The minimum Gasteiger partial charge on any atom is -0.384 e. The van der Waals surface area contributed by atoms with Crippen molar-refractivity contribution in [2.24, 2.45) is 5.73 Å². The molecule has 0 aliphatic heterocycles. The Hall–Kier alpha value is -2.88. The van der Waals surface area contributed by atoms with Crippen LogP contribution >= 0.6 is 0 Å². The van der Waals surface area contributed by atoms with Crippen molar-refractivity contribution in [2.75, 3.05) is 5.73 Å². The van der Waals surface area contributed by atoms with E-state index in [-0.39, 0.29) is 18.0 Å². The first-order valence-electron chi connectivity index (χ1n) is 9.27. The Labute approximate surface area is 171 Å². The van der Waals surface area contributed by atoms with Gasteiger partial charge in [-0.1, -0.05) is 42.5 Å². The molecule has 9 heteroatoms. The van der Waals surface area contributed by atoms with Crippen molar-refractivity contribution in [1.82, 2.24) is 9.78 Å². The van der Waals surface area contributed by atoms with Crippen molar-refractivity contribution in [3.05, 3.63) is 82.5 Å². The van der Waals surface area contributed by atoms with Gasteiger partial charge in [0.2, 0.25) is 0 Å². The highest BCUT2D eigenvalue weighted by Crippen LogP contribution is 2.32. The van der Waals surface area contributed by atoms with Gasteiger partial charge in [0, 0.05) is 0 Å². The predicted molar refractivity (Wildman–Crippen MR) is 106 cm³/mol. The molecule has 30 heavy (non-hydrogen) atoms. The second-order valence-corrected chi connectivity index (χ2v) is 6.91. The molecule has 0 aliphatic carbocycles. The third-order valence-electron chi connectivity index (χ3n) is 4.80. The normalized spacial score (nSPS) is 13.9. The van der Waals surface area contributed by atoms with E-state index in [0.717, 1.165) is 17.7 Å². The second kappa shape index (κ2) is 8.86. The van der Waals surface area contributed by atoms with E-state index in [1.807, 2.05) is 30.3 Å². The number of aliphatic hydroxyl groups excluding tert-OH is 1. The summed E-state index contributed by atoms with van der Waals surface area (Å²) >= 11 is 0. The van der Waals surface area contributed by atoms with Gasteiger partial charge in [0.05, 0.1) is 36.1 Å². The fourth-order valence-corrected chi connectivity index (χ4v) is 3.16. The second-order valence-electron chi connectivity index (χ2n) is 6.91. The lowest BCUT2D eigenvalue weighted by molar-refractivity contribution is -0.137. The number of rotatable bonds is 7. The number of benzene rings is 2. The molecule has 5 N–H and O–H groups in total. The van der Waals surface area contributed by atoms with Crippen molar-refractivity contribution >= 4 is 5.82 Å². The number of anilines is 1. The SMILES string of the molecule is CC(c1ccc(C(F)(F)F)cc1)n1nc(COCc2ccccc2)c(C(N)O)c1N. The molecule has 0 saturated heterocycles. The molecule has 0 bridgehead atoms. The number of hydrogen-bond donors (Lipinski definition) is 3. The molecule has 0 spiro atoms. The highest BCUT2D eigenvalue weighted by Gasteiger charge is 2.30. The molecule has 6 nitrogen and oxygen atoms in total. The van der Waals surface area contributed by atoms with Gasteiger partial charge in [-0.25, -0.2) is 4.68 Å². The van der Waals surface area contributed by atoms with Crippen molar-refractivity contribution < 1.29 is 23.0 Å². The van der Waals surface area contributed by atoms with E-state index >= 15 is 0 Å². The summed E-state index contributed by atoms with van der Waals surface area (Å²) in [4.78, 5) is 0. The Morgan fingerprint density at radius 3 is 2.27 bits per heavy atom. The van der Waals surface area contributed by atoms with Gasteiger partial charge in [-0.15, -0.1) is 0 Å². The van der Waals surface area contributed by atoms with Crippen molar-refractivity contribution in [2.45, 2.75) is 38.6 Å². The maximum absolute atomic E-state index is 12.8. The number of alkyl halides is 3.